The van der Waals surface area contributed by atoms with E-state index >= 15 is 0 Å². The second-order valence-electron chi connectivity index (χ2n) is 8.27. The van der Waals surface area contributed by atoms with Crippen LogP contribution in [0, 0.1) is 5.92 Å². The average molecular weight is 481 g/mol. The van der Waals surface area contributed by atoms with Crippen molar-refractivity contribution in [3.63, 3.8) is 0 Å². The highest BCUT2D eigenvalue weighted by Crippen LogP contribution is 2.12. The number of aliphatic carboxylic acids is 2. The van der Waals surface area contributed by atoms with Crippen LogP contribution < -0.4 is 21.7 Å². The van der Waals surface area contributed by atoms with E-state index in [2.05, 4.69) is 16.0 Å². The molecule has 1 aromatic rings. The Kier molecular flexibility index (Phi) is 11.0. The number of rotatable bonds is 13. The fraction of sp³-hybridized carbons (Fsp3) is 0.500. The van der Waals surface area contributed by atoms with E-state index in [1.54, 1.807) is 13.8 Å². The molecule has 0 aliphatic heterocycles. The van der Waals surface area contributed by atoms with Crippen LogP contribution in [0.15, 0.2) is 24.3 Å². The maximum absolute atomic E-state index is 12.7. The molecule has 4 unspecified atom stereocenters. The molecule has 0 radical (unpaired) electrons. The van der Waals surface area contributed by atoms with Gasteiger partial charge in [-0.2, -0.15) is 0 Å². The van der Waals surface area contributed by atoms with Crippen molar-refractivity contribution in [1.82, 2.24) is 16.0 Å². The summed E-state index contributed by atoms with van der Waals surface area (Å²) < 4.78 is 0. The first-order valence-electron chi connectivity index (χ1n) is 10.7. The second kappa shape index (κ2) is 13.1. The number of hydrogen-bond donors (Lipinski definition) is 7. The van der Waals surface area contributed by atoms with Crippen molar-refractivity contribution in [2.45, 2.75) is 64.2 Å². The summed E-state index contributed by atoms with van der Waals surface area (Å²) in [6.45, 7) is 4.69. The molecular formula is C22H32N4O8. The van der Waals surface area contributed by atoms with Gasteiger partial charge in [-0.1, -0.05) is 26.0 Å². The highest BCUT2D eigenvalue weighted by Gasteiger charge is 2.30. The Morgan fingerprint density at radius 3 is 1.97 bits per heavy atom. The standard InChI is InChI=1S/C22H32N4O8/c1-11(2)18(26-20(31)15(23)8-9-17(28)29)21(32)24-12(3)19(30)25-16(22(33)34)10-13-4-6-14(27)7-5-13/h4-7,11-12,15-16,18,27H,8-10,23H2,1-3H3,(H,24,32)(H,25,30)(H,26,31)(H,28,29)(H,33,34). The van der Waals surface area contributed by atoms with Crippen molar-refractivity contribution in [3.8, 4) is 5.75 Å². The van der Waals surface area contributed by atoms with E-state index in [1.165, 1.54) is 31.2 Å². The van der Waals surface area contributed by atoms with Crippen LogP contribution in [-0.2, 0) is 30.4 Å². The van der Waals surface area contributed by atoms with E-state index in [4.69, 9.17) is 10.8 Å². The molecule has 8 N–H and O–H groups in total. The summed E-state index contributed by atoms with van der Waals surface area (Å²) in [4.78, 5) is 59.7. The topological polar surface area (TPSA) is 208 Å². The molecule has 1 aromatic carbocycles. The summed E-state index contributed by atoms with van der Waals surface area (Å²) in [6, 6.07) is 1.28. The maximum Gasteiger partial charge on any atom is 0.326 e. The summed E-state index contributed by atoms with van der Waals surface area (Å²) in [5.41, 5.74) is 6.25. The largest absolute Gasteiger partial charge is 0.508 e. The third-order valence-corrected chi connectivity index (χ3v) is 5.00. The summed E-state index contributed by atoms with van der Waals surface area (Å²) in [5, 5.41) is 34.8. The summed E-state index contributed by atoms with van der Waals surface area (Å²) in [6.07, 6.45) is -0.454. The number of carbonyl (C=O) groups excluding carboxylic acids is 3. The smallest absolute Gasteiger partial charge is 0.326 e. The average Bonchev–Trinajstić information content (AvgIpc) is 2.75. The molecule has 0 aliphatic rings. The number of aromatic hydroxyl groups is 1. The number of phenols is 1. The molecule has 34 heavy (non-hydrogen) atoms. The van der Waals surface area contributed by atoms with E-state index in [9.17, 15) is 34.2 Å². The van der Waals surface area contributed by atoms with Gasteiger partial charge in [-0.3, -0.25) is 19.2 Å². The number of carboxylic acid groups (broad SMARTS) is 2. The molecule has 3 amide bonds. The second-order valence-corrected chi connectivity index (χ2v) is 8.27. The van der Waals surface area contributed by atoms with E-state index in [-0.39, 0.29) is 30.9 Å². The van der Waals surface area contributed by atoms with Crippen molar-refractivity contribution in [2.24, 2.45) is 11.7 Å². The number of nitrogens with one attached hydrogen (secondary N) is 3. The zero-order valence-electron chi connectivity index (χ0n) is 19.3. The van der Waals surface area contributed by atoms with Crippen LogP contribution >= 0.6 is 0 Å². The molecule has 0 spiro atoms. The van der Waals surface area contributed by atoms with Crippen LogP contribution in [0.3, 0.4) is 0 Å². The Bertz CT molecular complexity index is 887. The Hall–Kier alpha value is -3.67. The Balaban J connectivity index is 2.74. The molecule has 0 saturated heterocycles. The molecule has 1 rings (SSSR count). The predicted octanol–water partition coefficient (Wildman–Crippen LogP) is -0.658. The van der Waals surface area contributed by atoms with Crippen molar-refractivity contribution in [3.05, 3.63) is 29.8 Å². The first kappa shape index (κ1) is 28.4. The fourth-order valence-corrected chi connectivity index (χ4v) is 2.94. The van der Waals surface area contributed by atoms with Crippen LogP contribution in [0.5, 0.6) is 5.75 Å². The van der Waals surface area contributed by atoms with E-state index < -0.39 is 53.8 Å². The van der Waals surface area contributed by atoms with E-state index in [0.29, 0.717) is 5.56 Å². The predicted molar refractivity (Wildman–Crippen MR) is 121 cm³/mol. The van der Waals surface area contributed by atoms with E-state index in [1.807, 2.05) is 0 Å². The number of phenolic OH excluding ortho intramolecular Hbond substituents is 1. The van der Waals surface area contributed by atoms with E-state index in [0.717, 1.165) is 0 Å². The van der Waals surface area contributed by atoms with Crippen LogP contribution in [-0.4, -0.2) is 69.1 Å². The maximum atomic E-state index is 12.7. The van der Waals surface area contributed by atoms with Gasteiger partial charge in [-0.05, 0) is 37.0 Å². The molecule has 0 fully saturated rings. The lowest BCUT2D eigenvalue weighted by atomic mass is 10.0. The lowest BCUT2D eigenvalue weighted by Gasteiger charge is -2.25. The molecule has 0 heterocycles. The van der Waals surface area contributed by atoms with Gasteiger partial charge in [0.15, 0.2) is 0 Å². The van der Waals surface area contributed by atoms with Crippen molar-refractivity contribution in [1.29, 1.82) is 0 Å². The molecule has 0 saturated carbocycles. The highest BCUT2D eigenvalue weighted by atomic mass is 16.4. The lowest BCUT2D eigenvalue weighted by Crippen LogP contribution is -2.57. The third-order valence-electron chi connectivity index (χ3n) is 5.00. The highest BCUT2D eigenvalue weighted by molar-refractivity contribution is 5.94. The normalized spacial score (nSPS) is 14.4. The minimum atomic E-state index is -1.28. The Morgan fingerprint density at radius 2 is 1.47 bits per heavy atom. The fourth-order valence-electron chi connectivity index (χ4n) is 2.94. The number of nitrogens with two attached hydrogens (primary N) is 1. The van der Waals surface area contributed by atoms with Gasteiger partial charge in [-0.25, -0.2) is 4.79 Å². The molecule has 4 atom stereocenters. The van der Waals surface area contributed by atoms with Gasteiger partial charge in [-0.15, -0.1) is 0 Å². The quantitative estimate of drug-likeness (QED) is 0.191. The van der Waals surface area contributed by atoms with Crippen molar-refractivity contribution >= 4 is 29.7 Å². The van der Waals surface area contributed by atoms with Crippen LogP contribution in [0.1, 0.15) is 39.2 Å². The SMILES string of the molecule is CC(NC(=O)C(NC(=O)C(N)CCC(=O)O)C(C)C)C(=O)NC(Cc1ccc(O)cc1)C(=O)O. The molecule has 0 aliphatic carbocycles. The van der Waals surface area contributed by atoms with Crippen LogP contribution in [0.25, 0.3) is 0 Å². The number of hydrogen-bond acceptors (Lipinski definition) is 7. The van der Waals surface area contributed by atoms with Gasteiger partial charge in [0.05, 0.1) is 6.04 Å². The summed E-state index contributed by atoms with van der Waals surface area (Å²) in [5.74, 6) is -4.87. The number of benzene rings is 1. The molecule has 12 heteroatoms. The first-order chi connectivity index (χ1) is 15.8. The minimum Gasteiger partial charge on any atom is -0.508 e. The zero-order valence-corrected chi connectivity index (χ0v) is 19.3. The molecule has 0 bridgehead atoms. The zero-order chi connectivity index (χ0) is 26.0. The Morgan fingerprint density at radius 1 is 0.882 bits per heavy atom. The number of carboxylic acids is 2. The summed E-state index contributed by atoms with van der Waals surface area (Å²) >= 11 is 0. The minimum absolute atomic E-state index is 0.0191. The first-order valence-corrected chi connectivity index (χ1v) is 10.7. The van der Waals surface area contributed by atoms with Gasteiger partial charge in [0, 0.05) is 12.8 Å². The number of amides is 3. The van der Waals surface area contributed by atoms with Gasteiger partial charge in [0.1, 0.15) is 23.9 Å². The van der Waals surface area contributed by atoms with Crippen LogP contribution in [0.4, 0.5) is 0 Å². The summed E-state index contributed by atoms with van der Waals surface area (Å²) in [7, 11) is 0. The molecule has 0 aromatic heterocycles. The van der Waals surface area contributed by atoms with Crippen molar-refractivity contribution in [2.75, 3.05) is 0 Å². The monoisotopic (exact) mass is 480 g/mol. The van der Waals surface area contributed by atoms with Gasteiger partial charge in [0.25, 0.3) is 0 Å². The third kappa shape index (κ3) is 9.45. The Labute approximate surface area is 196 Å². The van der Waals surface area contributed by atoms with Gasteiger partial charge >= 0.3 is 11.9 Å². The molecular weight excluding hydrogens is 448 g/mol. The molecule has 12 nitrogen and oxygen atoms in total. The van der Waals surface area contributed by atoms with Gasteiger partial charge < -0.3 is 37.0 Å². The van der Waals surface area contributed by atoms with Crippen molar-refractivity contribution < 1.29 is 39.3 Å². The number of carbonyl (C=O) groups is 5. The lowest BCUT2D eigenvalue weighted by molar-refractivity contribution is -0.142. The van der Waals surface area contributed by atoms with Gasteiger partial charge in [0.2, 0.25) is 17.7 Å². The van der Waals surface area contributed by atoms with Crippen LogP contribution in [0.2, 0.25) is 0 Å². The molecule has 188 valence electrons.